The summed E-state index contributed by atoms with van der Waals surface area (Å²) in [4.78, 5) is 243. The molecule has 40 nitrogen and oxygen atoms in total. The number of carbonyl (C=O) groups is 18. The van der Waals surface area contributed by atoms with Gasteiger partial charge in [-0.1, -0.05) is 86.1 Å². The molecule has 2 rings (SSSR count). The maximum atomic E-state index is 14.7. The second kappa shape index (κ2) is 50.1. The van der Waals surface area contributed by atoms with Gasteiger partial charge in [0.1, 0.15) is 90.0 Å². The Labute approximate surface area is 670 Å². The predicted octanol–water partition coefficient (Wildman–Crippen LogP) is -4.59. The summed E-state index contributed by atoms with van der Waals surface area (Å²) in [7, 11) is 0. The van der Waals surface area contributed by atoms with Crippen LogP contribution in [0.3, 0.4) is 0 Å². The third-order valence-electron chi connectivity index (χ3n) is 18.3. The first-order valence-electron chi connectivity index (χ1n) is 37.6. The molecule has 0 fully saturated rings. The lowest BCUT2D eigenvalue weighted by atomic mass is 9.96. The van der Waals surface area contributed by atoms with Crippen LogP contribution in [0.2, 0.25) is 0 Å². The first-order chi connectivity index (χ1) is 53.8. The average molecular weight is 1640 g/mol. The van der Waals surface area contributed by atoms with E-state index >= 15 is 0 Å². The van der Waals surface area contributed by atoms with Crippen LogP contribution in [-0.4, -0.2) is 230 Å². The summed E-state index contributed by atoms with van der Waals surface area (Å²) in [5.74, 6) is -21.9. The number of phenols is 2. The van der Waals surface area contributed by atoms with Gasteiger partial charge in [-0.15, -0.1) is 0 Å². The lowest BCUT2D eigenvalue weighted by Gasteiger charge is -2.30. The van der Waals surface area contributed by atoms with Crippen LogP contribution >= 0.6 is 11.8 Å². The third-order valence-corrected chi connectivity index (χ3v) is 18.9. The van der Waals surface area contributed by atoms with Crippen LogP contribution in [0.4, 0.5) is 0 Å². The number of phenolic OH excluding ortho intramolecular Hbond substituents is 2. The van der Waals surface area contributed by atoms with Gasteiger partial charge in [0, 0.05) is 25.7 Å². The number of primary amides is 3. The van der Waals surface area contributed by atoms with E-state index in [1.54, 1.807) is 20.1 Å². The molecular formula is C74H116N18O22S. The van der Waals surface area contributed by atoms with Gasteiger partial charge in [0.2, 0.25) is 94.5 Å². The monoisotopic (exact) mass is 1640 g/mol. The van der Waals surface area contributed by atoms with Gasteiger partial charge in [-0.2, -0.15) is 11.8 Å². The Morgan fingerprint density at radius 1 is 0.374 bits per heavy atom. The summed E-state index contributed by atoms with van der Waals surface area (Å²) in [5, 5.41) is 71.3. The molecule has 115 heavy (non-hydrogen) atoms. The summed E-state index contributed by atoms with van der Waals surface area (Å²) in [6.07, 6.45) is -1.66. The Morgan fingerprint density at radius 3 is 1.16 bits per heavy atom. The van der Waals surface area contributed by atoms with Crippen molar-refractivity contribution in [3.63, 3.8) is 0 Å². The van der Waals surface area contributed by atoms with Crippen LogP contribution in [0.1, 0.15) is 151 Å². The second-order valence-corrected chi connectivity index (χ2v) is 30.0. The molecular weight excluding hydrogens is 1520 g/mol. The van der Waals surface area contributed by atoms with Gasteiger partial charge in [0.15, 0.2) is 0 Å². The number of nitrogens with one attached hydrogen (secondary N) is 13. The summed E-state index contributed by atoms with van der Waals surface area (Å²) in [5.41, 5.74) is 28.8. The van der Waals surface area contributed by atoms with Crippen molar-refractivity contribution in [2.24, 2.45) is 52.3 Å². The molecule has 0 aliphatic rings. The van der Waals surface area contributed by atoms with E-state index in [0.29, 0.717) is 17.5 Å². The van der Waals surface area contributed by atoms with Gasteiger partial charge in [-0.05, 0) is 130 Å². The number of hydrogen-bond donors (Lipinski definition) is 22. The quantitative estimate of drug-likeness (QED) is 0.0277. The SMILES string of the molecule is CC[C@H](C)[C@H](NC(=O)[C@H](CCSC)NC(=O)[C@H](CCCCN)NC(=O)[C@H](CCC(N)=O)NC(=O)[C@@H](NC(=O)[C@@H](NC(=O)[C@H](Cc1ccc(O)cc1)NC(=O)[C@H](CC(N)=O)NC(=O)[C@H](C)NC(=O)[C@H](Cc1ccc(O)cc1)NC(=O)[C@@H](N)CCC(N)=O)C(C)C)C(C)C)C(=O)N[C@@H](CC(=O)O)C(=O)N[C@H](C(=O)N[C@@H](C)C(=O)O)C(C)C. The number of aromatic hydroxyl groups is 2. The van der Waals surface area contributed by atoms with Gasteiger partial charge in [0.25, 0.3) is 0 Å². The molecule has 27 N–H and O–H groups in total. The molecule has 15 atom stereocenters. The Hall–Kier alpha value is -11.2. The molecule has 0 aromatic heterocycles. The number of unbranched alkanes of at least 4 members (excludes halogenated alkanes) is 1. The first-order valence-corrected chi connectivity index (χ1v) is 39.0. The van der Waals surface area contributed by atoms with Crippen molar-refractivity contribution >= 4 is 118 Å². The van der Waals surface area contributed by atoms with Crippen molar-refractivity contribution in [1.82, 2.24) is 69.1 Å². The fourth-order valence-corrected chi connectivity index (χ4v) is 11.6. The number of rotatable bonds is 53. The topological polar surface area (TPSA) is 675 Å². The van der Waals surface area contributed by atoms with Crippen LogP contribution < -0.4 is 97.8 Å². The number of thioether (sulfide) groups is 1. The minimum absolute atomic E-state index is 0.0795. The molecule has 0 heterocycles. The largest absolute Gasteiger partial charge is 0.508 e. The molecule has 2 aromatic rings. The molecule has 16 amide bonds. The van der Waals surface area contributed by atoms with Crippen molar-refractivity contribution in [3.8, 4) is 11.5 Å². The van der Waals surface area contributed by atoms with Crippen LogP contribution in [0.5, 0.6) is 11.5 Å². The van der Waals surface area contributed by atoms with Gasteiger partial charge in [0.05, 0.1) is 18.9 Å². The van der Waals surface area contributed by atoms with Gasteiger partial charge in [-0.25, -0.2) is 0 Å². The summed E-state index contributed by atoms with van der Waals surface area (Å²) < 4.78 is 0. The zero-order valence-corrected chi connectivity index (χ0v) is 67.4. The summed E-state index contributed by atoms with van der Waals surface area (Å²) in [6, 6.07) is -10.7. The normalized spacial score (nSPS) is 15.1. The highest BCUT2D eigenvalue weighted by molar-refractivity contribution is 7.98. The van der Waals surface area contributed by atoms with E-state index in [1.165, 1.54) is 116 Å². The summed E-state index contributed by atoms with van der Waals surface area (Å²) >= 11 is 1.27. The van der Waals surface area contributed by atoms with Crippen molar-refractivity contribution in [2.45, 2.75) is 237 Å². The van der Waals surface area contributed by atoms with Crippen LogP contribution in [0.25, 0.3) is 0 Å². The number of aliphatic carboxylic acids is 2. The average Bonchev–Trinajstić information content (AvgIpc) is 0.839. The number of benzene rings is 2. The number of carbonyl (C=O) groups excluding carboxylic acids is 16. The Kier molecular flexibility index (Phi) is 43.5. The van der Waals surface area contributed by atoms with E-state index in [2.05, 4.69) is 69.1 Å². The number of amides is 16. The van der Waals surface area contributed by atoms with E-state index < -0.39 is 240 Å². The number of hydrogen-bond acceptors (Lipinski definition) is 23. The molecule has 0 bridgehead atoms. The molecule has 0 saturated heterocycles. The predicted molar refractivity (Wildman–Crippen MR) is 418 cm³/mol. The van der Waals surface area contributed by atoms with E-state index in [4.69, 9.17) is 28.7 Å². The Morgan fingerprint density at radius 2 is 0.713 bits per heavy atom. The lowest BCUT2D eigenvalue weighted by molar-refractivity contribution is -0.143. The Balaban J connectivity index is 2.53. The highest BCUT2D eigenvalue weighted by Crippen LogP contribution is 2.18. The molecule has 2 aromatic carbocycles. The maximum Gasteiger partial charge on any atom is 0.325 e. The van der Waals surface area contributed by atoms with Crippen molar-refractivity contribution in [3.05, 3.63) is 59.7 Å². The van der Waals surface area contributed by atoms with Crippen molar-refractivity contribution in [1.29, 1.82) is 0 Å². The van der Waals surface area contributed by atoms with Crippen molar-refractivity contribution < 1.29 is 107 Å². The second-order valence-electron chi connectivity index (χ2n) is 29.0. The fourth-order valence-electron chi connectivity index (χ4n) is 11.2. The zero-order valence-electron chi connectivity index (χ0n) is 66.6. The maximum absolute atomic E-state index is 14.7. The van der Waals surface area contributed by atoms with Gasteiger partial charge in [-0.3, -0.25) is 86.3 Å². The van der Waals surface area contributed by atoms with Crippen LogP contribution in [0, 0.1) is 23.7 Å². The van der Waals surface area contributed by atoms with E-state index in [-0.39, 0.29) is 75.2 Å². The number of nitrogens with two attached hydrogens (primary N) is 5. The minimum Gasteiger partial charge on any atom is -0.508 e. The molecule has 0 radical (unpaired) electrons. The standard InChI is InChI=1S/C74H116N18O22S/c1-12-38(8)60(73(112)88-52(34-56(98)99)69(108)89-57(35(2)3)70(109)81-40(10)74(113)114)92-65(104)48(28-30-115-11)83-63(102)46(15-13-14-29-75)82-64(103)47(25-27-54(78)96)84-71(110)58(36(4)5)91-72(111)59(37(6)7)90-68(107)50(32-42-18-22-44(94)23-19-42)87-67(106)51(33-55(79)97)85-61(100)39(9)80-66(105)49(31-41-16-20-43(93)21-17-41)86-62(101)45(76)24-26-53(77)95/h16-23,35-40,45-52,57-60,93-94H,12-15,24-34,75-76H2,1-11H3,(H2,77,95)(H2,78,96)(H2,79,97)(H,80,105)(H,81,109)(H,82,103)(H,83,102)(H,84,110)(H,85,100)(H,86,101)(H,87,106)(H,88,112)(H,89,108)(H,90,107)(H,91,111)(H,92,104)(H,98,99)(H,113,114)/t38-,39-,40-,45-,46-,47-,48-,49-,50-,51-,52-,57-,58-,59-,60-/m0/s1. The molecule has 640 valence electrons. The highest BCUT2D eigenvalue weighted by Gasteiger charge is 2.40. The van der Waals surface area contributed by atoms with Crippen LogP contribution in [0.15, 0.2) is 48.5 Å². The van der Waals surface area contributed by atoms with E-state index in [0.717, 1.165) is 0 Å². The lowest BCUT2D eigenvalue weighted by Crippen LogP contribution is -2.62. The molecule has 0 aliphatic carbocycles. The molecule has 0 unspecified atom stereocenters. The van der Waals surface area contributed by atoms with E-state index in [9.17, 15) is 107 Å². The molecule has 0 aliphatic heterocycles. The van der Waals surface area contributed by atoms with E-state index in [1.807, 2.05) is 0 Å². The molecule has 41 heteroatoms. The summed E-state index contributed by atoms with van der Waals surface area (Å²) in [6.45, 7) is 14.9. The van der Waals surface area contributed by atoms with Gasteiger partial charge >= 0.3 is 11.9 Å². The highest BCUT2D eigenvalue weighted by atomic mass is 32.2. The van der Waals surface area contributed by atoms with Gasteiger partial charge < -0.3 is 118 Å². The van der Waals surface area contributed by atoms with Crippen LogP contribution in [-0.2, 0) is 99.1 Å². The number of carboxylic acids is 2. The zero-order chi connectivity index (χ0) is 87.3. The third kappa shape index (κ3) is 36.2. The minimum atomic E-state index is -1.85. The fraction of sp³-hybridized carbons (Fsp3) is 0.595. The molecule has 0 spiro atoms. The van der Waals surface area contributed by atoms with Crippen molar-refractivity contribution in [2.75, 3.05) is 18.6 Å². The first kappa shape index (κ1) is 99.8. The number of carboxylic acid groups (broad SMARTS) is 2. The molecule has 0 saturated carbocycles. The smallest absolute Gasteiger partial charge is 0.325 e. The Bertz CT molecular complexity index is 3700.